The van der Waals surface area contributed by atoms with E-state index in [9.17, 15) is 27.6 Å². The summed E-state index contributed by atoms with van der Waals surface area (Å²) in [6, 6.07) is 3.66. The van der Waals surface area contributed by atoms with Gasteiger partial charge in [0, 0.05) is 50.2 Å². The summed E-state index contributed by atoms with van der Waals surface area (Å²) < 4.78 is 60.7. The third-order valence-electron chi connectivity index (χ3n) is 9.11. The van der Waals surface area contributed by atoms with E-state index in [1.165, 1.54) is 20.0 Å². The minimum Gasteiger partial charge on any atom is -0.384 e. The van der Waals surface area contributed by atoms with Gasteiger partial charge in [-0.3, -0.25) is 23.9 Å². The largest absolute Gasteiger partial charge is 0.418 e. The van der Waals surface area contributed by atoms with Crippen LogP contribution in [-0.4, -0.2) is 69.5 Å². The van der Waals surface area contributed by atoms with E-state index in [4.69, 9.17) is 5.73 Å². The summed E-state index contributed by atoms with van der Waals surface area (Å²) in [5.41, 5.74) is 2.43. The number of aromatic nitrogens is 4. The normalized spacial score (nSPS) is 15.4. The average Bonchev–Trinajstić information content (AvgIpc) is 2.98. The number of rotatable bonds is 6. The number of halogens is 4. The minimum absolute atomic E-state index is 0.0137. The first-order chi connectivity index (χ1) is 23.0. The molecular weight excluding hydrogens is 644 g/mol. The van der Waals surface area contributed by atoms with Gasteiger partial charge in [-0.25, -0.2) is 14.4 Å². The number of likely N-dealkylation sites (tertiary alicyclic amines) is 1. The van der Waals surface area contributed by atoms with Crippen LogP contribution in [0.1, 0.15) is 52.5 Å². The molecule has 2 saturated heterocycles. The van der Waals surface area contributed by atoms with Crippen molar-refractivity contribution in [2.24, 2.45) is 5.41 Å². The average molecular weight is 679 g/mol. The third kappa shape index (κ3) is 5.36. The van der Waals surface area contributed by atoms with Gasteiger partial charge in [-0.05, 0) is 55.2 Å². The zero-order chi connectivity index (χ0) is 35.7. The summed E-state index contributed by atoms with van der Waals surface area (Å²) >= 11 is 0. The van der Waals surface area contributed by atoms with Crippen LogP contribution in [0.5, 0.6) is 0 Å². The quantitative estimate of drug-likeness (QED) is 0.224. The molecule has 2 aliphatic heterocycles. The van der Waals surface area contributed by atoms with E-state index in [0.717, 1.165) is 16.7 Å². The van der Waals surface area contributed by atoms with E-state index < -0.39 is 40.4 Å². The Bertz CT molecular complexity index is 2130. The molecule has 6 rings (SSSR count). The molecule has 2 fully saturated rings. The van der Waals surface area contributed by atoms with Gasteiger partial charge >= 0.3 is 6.18 Å². The van der Waals surface area contributed by atoms with Gasteiger partial charge in [0.1, 0.15) is 22.8 Å². The van der Waals surface area contributed by atoms with Gasteiger partial charge in [-0.15, -0.1) is 0 Å². The van der Waals surface area contributed by atoms with Gasteiger partial charge in [0.15, 0.2) is 11.5 Å². The van der Waals surface area contributed by atoms with Crippen molar-refractivity contribution in [1.82, 2.24) is 29.7 Å². The smallest absolute Gasteiger partial charge is 0.384 e. The van der Waals surface area contributed by atoms with Crippen LogP contribution < -0.4 is 21.5 Å². The maximum absolute atomic E-state index is 16.4. The lowest BCUT2D eigenvalue weighted by Crippen LogP contribution is -2.73. The van der Waals surface area contributed by atoms with Gasteiger partial charge in [0.2, 0.25) is 5.91 Å². The Kier molecular flexibility index (Phi) is 7.99. The van der Waals surface area contributed by atoms with Crippen LogP contribution in [0.25, 0.3) is 28.1 Å². The number of hydrogen-bond donors (Lipinski definition) is 2. The highest BCUT2D eigenvalue weighted by Gasteiger charge is 2.54. The Hall–Kier alpha value is -5.34. The second kappa shape index (κ2) is 11.7. The molecule has 6 heterocycles. The first kappa shape index (κ1) is 33.6. The topological polar surface area (TPSA) is 139 Å². The number of nitrogen functional groups attached to an aromatic ring is 1. The lowest BCUT2D eigenvalue weighted by Gasteiger charge is -2.61. The van der Waals surface area contributed by atoms with Crippen molar-refractivity contribution in [3.8, 4) is 17.1 Å². The van der Waals surface area contributed by atoms with Crippen molar-refractivity contribution in [2.45, 2.75) is 39.8 Å². The second-order valence-corrected chi connectivity index (χ2v) is 13.0. The zero-order valence-electron chi connectivity index (χ0n) is 27.5. The van der Waals surface area contributed by atoms with Crippen molar-refractivity contribution < 1.29 is 27.2 Å². The van der Waals surface area contributed by atoms with Crippen LogP contribution in [0.4, 0.5) is 29.1 Å². The number of carbonyl (C=O) groups is 2. The van der Waals surface area contributed by atoms with Gasteiger partial charge in [0.25, 0.3) is 11.5 Å². The molecule has 3 N–H and O–H groups in total. The molecule has 15 heteroatoms. The standard InChI is InChI=1S/C34H34F4N8O3/c1-7-22(47)44-12-33(13-44)14-45(15-33)29-19-11-20(35)26(27-24(34(36,37)38)18(5)10-21(39)42-27)43-30(19)46(32(49)23(29)31(48)40-6)28-17(4)8-9-41-25(28)16(2)3/h7-11,16H,1,12-15H2,2-6H3,(H2,39,42)(H,40,48). The number of hydrogen-bond acceptors (Lipinski definition) is 8. The van der Waals surface area contributed by atoms with Crippen LogP contribution >= 0.6 is 0 Å². The fourth-order valence-corrected chi connectivity index (χ4v) is 6.98. The number of aryl methyl sites for hydroxylation is 2. The molecule has 1 spiro atoms. The summed E-state index contributed by atoms with van der Waals surface area (Å²) in [5.74, 6) is -2.67. The molecule has 0 aliphatic carbocycles. The zero-order valence-corrected chi connectivity index (χ0v) is 27.5. The van der Waals surface area contributed by atoms with E-state index >= 15 is 4.39 Å². The number of carbonyl (C=O) groups excluding carboxylic acids is 2. The molecule has 2 amide bonds. The molecule has 0 saturated carbocycles. The lowest BCUT2D eigenvalue weighted by atomic mass is 9.72. The van der Waals surface area contributed by atoms with E-state index in [-0.39, 0.29) is 56.6 Å². The number of anilines is 2. The van der Waals surface area contributed by atoms with Gasteiger partial charge < -0.3 is 20.9 Å². The van der Waals surface area contributed by atoms with E-state index in [1.807, 2.05) is 13.8 Å². The summed E-state index contributed by atoms with van der Waals surface area (Å²) in [6.07, 6.45) is -2.17. The van der Waals surface area contributed by atoms with Crippen LogP contribution in [-0.2, 0) is 11.0 Å². The Balaban J connectivity index is 1.70. The maximum atomic E-state index is 16.4. The molecule has 4 aromatic rings. The van der Waals surface area contributed by atoms with Crippen molar-refractivity contribution in [1.29, 1.82) is 0 Å². The fourth-order valence-electron chi connectivity index (χ4n) is 6.98. The predicted octanol–water partition coefficient (Wildman–Crippen LogP) is 4.52. The van der Waals surface area contributed by atoms with Crippen molar-refractivity contribution in [2.75, 3.05) is 43.9 Å². The molecule has 0 unspecified atom stereocenters. The number of fused-ring (bicyclic) bond motifs is 1. The number of alkyl halides is 3. The summed E-state index contributed by atoms with van der Waals surface area (Å²) in [6.45, 7) is 11.6. The number of nitrogens with one attached hydrogen (secondary N) is 1. The molecule has 49 heavy (non-hydrogen) atoms. The number of pyridine rings is 4. The van der Waals surface area contributed by atoms with Crippen molar-refractivity contribution in [3.05, 3.63) is 81.2 Å². The maximum Gasteiger partial charge on any atom is 0.418 e. The highest BCUT2D eigenvalue weighted by atomic mass is 19.4. The first-order valence-electron chi connectivity index (χ1n) is 15.5. The van der Waals surface area contributed by atoms with Crippen LogP contribution in [0.3, 0.4) is 0 Å². The summed E-state index contributed by atoms with van der Waals surface area (Å²) in [7, 11) is 1.35. The molecule has 256 valence electrons. The Labute approximate surface area is 278 Å². The van der Waals surface area contributed by atoms with Crippen LogP contribution in [0.15, 0.2) is 41.8 Å². The molecule has 0 aromatic carbocycles. The van der Waals surface area contributed by atoms with Gasteiger partial charge in [0.05, 0.1) is 22.6 Å². The molecule has 0 bridgehead atoms. The second-order valence-electron chi connectivity index (χ2n) is 13.0. The Morgan fingerprint density at radius 3 is 2.33 bits per heavy atom. The van der Waals surface area contributed by atoms with E-state index in [1.54, 1.807) is 29.0 Å². The van der Waals surface area contributed by atoms with E-state index in [0.29, 0.717) is 37.4 Å². The number of nitrogens with two attached hydrogens (primary N) is 1. The molecular formula is C34H34F4N8O3. The summed E-state index contributed by atoms with van der Waals surface area (Å²) in [5, 5.41) is 2.52. The lowest BCUT2D eigenvalue weighted by molar-refractivity contribution is -0.139. The summed E-state index contributed by atoms with van der Waals surface area (Å²) in [4.78, 5) is 56.6. The van der Waals surface area contributed by atoms with Crippen LogP contribution in [0.2, 0.25) is 0 Å². The Morgan fingerprint density at radius 1 is 1.06 bits per heavy atom. The van der Waals surface area contributed by atoms with Crippen LogP contribution in [0, 0.1) is 25.1 Å². The van der Waals surface area contributed by atoms with Gasteiger partial charge in [-0.1, -0.05) is 20.4 Å². The van der Waals surface area contributed by atoms with Gasteiger partial charge in [-0.2, -0.15) is 13.2 Å². The fraction of sp³-hybridized carbons (Fsp3) is 0.353. The Morgan fingerprint density at radius 2 is 1.73 bits per heavy atom. The highest BCUT2D eigenvalue weighted by molar-refractivity contribution is 6.08. The third-order valence-corrected chi connectivity index (χ3v) is 9.11. The molecule has 4 aromatic heterocycles. The highest BCUT2D eigenvalue weighted by Crippen LogP contribution is 2.46. The van der Waals surface area contributed by atoms with E-state index in [2.05, 4.69) is 26.8 Å². The minimum atomic E-state index is -4.95. The molecule has 2 aliphatic rings. The SMILES string of the molecule is C=CC(=O)N1CC2(C1)CN(c1c(C(=O)NC)c(=O)n(-c3c(C)ccnc3C(C)C)c3nc(-c4nc(N)cc(C)c4C(F)(F)F)c(F)cc13)C2. The monoisotopic (exact) mass is 678 g/mol. The predicted molar refractivity (Wildman–Crippen MR) is 176 cm³/mol. The first-order valence-corrected chi connectivity index (χ1v) is 15.5. The molecule has 11 nitrogen and oxygen atoms in total. The van der Waals surface area contributed by atoms with Crippen molar-refractivity contribution >= 4 is 34.4 Å². The molecule has 0 atom stereocenters. The number of amides is 2. The molecule has 0 radical (unpaired) electrons. The van der Waals surface area contributed by atoms with Crippen molar-refractivity contribution in [3.63, 3.8) is 0 Å². The number of nitrogens with zero attached hydrogens (tertiary/aromatic N) is 6.